The van der Waals surface area contributed by atoms with Crippen LogP contribution in [0.15, 0.2) is 36.4 Å². The second-order valence-corrected chi connectivity index (χ2v) is 6.93. The van der Waals surface area contributed by atoms with Crippen molar-refractivity contribution in [3.05, 3.63) is 53.1 Å². The fourth-order valence-corrected chi connectivity index (χ4v) is 3.28. The summed E-state index contributed by atoms with van der Waals surface area (Å²) in [6.07, 6.45) is 0. The molecular formula is C20H22ClF2N3O2. The van der Waals surface area contributed by atoms with Crippen LogP contribution < -0.4 is 15.0 Å². The first-order valence-corrected chi connectivity index (χ1v) is 9.48. The van der Waals surface area contributed by atoms with E-state index in [0.29, 0.717) is 16.8 Å². The van der Waals surface area contributed by atoms with Crippen molar-refractivity contribution >= 4 is 28.9 Å². The lowest BCUT2D eigenvalue weighted by molar-refractivity contribution is -0.118. The van der Waals surface area contributed by atoms with Gasteiger partial charge in [0.15, 0.2) is 18.2 Å². The first kappa shape index (κ1) is 20.4. The molecule has 2 aromatic rings. The Morgan fingerprint density at radius 3 is 2.57 bits per heavy atom. The molecule has 28 heavy (non-hydrogen) atoms. The summed E-state index contributed by atoms with van der Waals surface area (Å²) in [6.45, 7) is 6.31. The minimum Gasteiger partial charge on any atom is -0.481 e. The number of hydrogen-bond donors (Lipinski definition) is 1. The first-order chi connectivity index (χ1) is 13.5. The summed E-state index contributed by atoms with van der Waals surface area (Å²) in [4.78, 5) is 16.9. The highest BCUT2D eigenvalue weighted by Crippen LogP contribution is 2.30. The van der Waals surface area contributed by atoms with Gasteiger partial charge in [0, 0.05) is 37.3 Å². The van der Waals surface area contributed by atoms with E-state index in [1.54, 1.807) is 12.1 Å². The van der Waals surface area contributed by atoms with Gasteiger partial charge in [-0.15, -0.1) is 0 Å². The summed E-state index contributed by atoms with van der Waals surface area (Å²) in [5, 5.41) is 3.27. The smallest absolute Gasteiger partial charge is 0.262 e. The summed E-state index contributed by atoms with van der Waals surface area (Å²) < 4.78 is 31.7. The molecule has 150 valence electrons. The van der Waals surface area contributed by atoms with Gasteiger partial charge in [-0.25, -0.2) is 8.78 Å². The molecule has 1 amide bonds. The van der Waals surface area contributed by atoms with Crippen molar-refractivity contribution in [1.82, 2.24) is 4.90 Å². The monoisotopic (exact) mass is 409 g/mol. The fraction of sp³-hybridized carbons (Fsp3) is 0.350. The Hall–Kier alpha value is -2.38. The van der Waals surface area contributed by atoms with E-state index in [9.17, 15) is 13.6 Å². The van der Waals surface area contributed by atoms with Crippen molar-refractivity contribution in [3.63, 3.8) is 0 Å². The van der Waals surface area contributed by atoms with Gasteiger partial charge in [-0.1, -0.05) is 18.5 Å². The third-order valence-corrected chi connectivity index (χ3v) is 4.88. The fourth-order valence-electron chi connectivity index (χ4n) is 3.11. The number of halogens is 3. The predicted molar refractivity (Wildman–Crippen MR) is 106 cm³/mol. The number of hydrogen-bond acceptors (Lipinski definition) is 4. The quantitative estimate of drug-likeness (QED) is 0.788. The average Bonchev–Trinajstić information content (AvgIpc) is 2.67. The zero-order valence-corrected chi connectivity index (χ0v) is 16.3. The normalized spacial score (nSPS) is 14.8. The zero-order valence-electron chi connectivity index (χ0n) is 15.6. The number of carbonyl (C=O) groups excluding carboxylic acids is 1. The minimum atomic E-state index is -0.856. The third-order valence-electron chi connectivity index (χ3n) is 4.65. The second-order valence-electron chi connectivity index (χ2n) is 6.49. The largest absolute Gasteiger partial charge is 0.481 e. The predicted octanol–water partition coefficient (Wildman–Crippen LogP) is 3.78. The first-order valence-electron chi connectivity index (χ1n) is 9.11. The zero-order chi connectivity index (χ0) is 20.1. The molecule has 0 unspecified atom stereocenters. The van der Waals surface area contributed by atoms with Gasteiger partial charge >= 0.3 is 0 Å². The topological polar surface area (TPSA) is 44.8 Å². The van der Waals surface area contributed by atoms with Crippen molar-refractivity contribution in [2.75, 3.05) is 49.5 Å². The number of benzene rings is 2. The Morgan fingerprint density at radius 2 is 1.89 bits per heavy atom. The lowest BCUT2D eigenvalue weighted by Crippen LogP contribution is -2.46. The number of anilines is 2. The molecular weight excluding hydrogens is 388 g/mol. The minimum absolute atomic E-state index is 0.182. The molecule has 0 atom stereocenters. The van der Waals surface area contributed by atoms with Gasteiger partial charge in [-0.3, -0.25) is 4.79 Å². The van der Waals surface area contributed by atoms with Crippen LogP contribution >= 0.6 is 11.6 Å². The Bertz CT molecular complexity index is 842. The molecule has 3 rings (SSSR count). The van der Waals surface area contributed by atoms with Gasteiger partial charge in [0.05, 0.1) is 11.4 Å². The van der Waals surface area contributed by atoms with Crippen molar-refractivity contribution in [2.45, 2.75) is 6.92 Å². The number of amides is 1. The molecule has 1 N–H and O–H groups in total. The van der Waals surface area contributed by atoms with E-state index in [1.165, 1.54) is 0 Å². The SMILES string of the molecule is CCN1CCN(c2ccc(Cl)cc2NC(=O)COc2ccc(F)cc2F)CC1. The van der Waals surface area contributed by atoms with Crippen LogP contribution in [0, 0.1) is 11.6 Å². The molecule has 2 aromatic carbocycles. The summed E-state index contributed by atoms with van der Waals surface area (Å²) in [5.41, 5.74) is 1.45. The Morgan fingerprint density at radius 1 is 1.14 bits per heavy atom. The average molecular weight is 410 g/mol. The number of rotatable bonds is 6. The Balaban J connectivity index is 1.66. The lowest BCUT2D eigenvalue weighted by atomic mass is 10.2. The van der Waals surface area contributed by atoms with E-state index in [1.807, 2.05) is 6.07 Å². The number of nitrogens with zero attached hydrogens (tertiary/aromatic N) is 2. The molecule has 1 heterocycles. The maximum absolute atomic E-state index is 13.6. The maximum Gasteiger partial charge on any atom is 0.262 e. The molecule has 0 aromatic heterocycles. The van der Waals surface area contributed by atoms with Crippen LogP contribution in [0.5, 0.6) is 5.75 Å². The summed E-state index contributed by atoms with van der Waals surface area (Å²) >= 11 is 6.10. The summed E-state index contributed by atoms with van der Waals surface area (Å²) in [6, 6.07) is 8.26. The molecule has 1 fully saturated rings. The number of piperazine rings is 1. The Kier molecular flexibility index (Phi) is 6.70. The summed E-state index contributed by atoms with van der Waals surface area (Å²) in [5.74, 6) is -2.20. The van der Waals surface area contributed by atoms with Crippen molar-refractivity contribution in [1.29, 1.82) is 0 Å². The van der Waals surface area contributed by atoms with Crippen molar-refractivity contribution < 1.29 is 18.3 Å². The van der Waals surface area contributed by atoms with E-state index in [-0.39, 0.29) is 5.75 Å². The highest BCUT2D eigenvalue weighted by atomic mass is 35.5. The molecule has 0 aliphatic carbocycles. The van der Waals surface area contributed by atoms with Crippen molar-refractivity contribution in [2.24, 2.45) is 0 Å². The number of nitrogens with one attached hydrogen (secondary N) is 1. The lowest BCUT2D eigenvalue weighted by Gasteiger charge is -2.36. The molecule has 1 aliphatic rings. The highest BCUT2D eigenvalue weighted by Gasteiger charge is 2.19. The maximum atomic E-state index is 13.6. The van der Waals surface area contributed by atoms with Gasteiger partial charge in [-0.2, -0.15) is 0 Å². The van der Waals surface area contributed by atoms with Crippen LogP contribution in [0.2, 0.25) is 5.02 Å². The molecule has 0 saturated carbocycles. The molecule has 8 heteroatoms. The van der Waals surface area contributed by atoms with Gasteiger partial charge in [0.1, 0.15) is 5.82 Å². The van der Waals surface area contributed by atoms with Crippen LogP contribution in [-0.2, 0) is 4.79 Å². The van der Waals surface area contributed by atoms with Crippen molar-refractivity contribution in [3.8, 4) is 5.75 Å². The second kappa shape index (κ2) is 9.21. The van der Waals surface area contributed by atoms with Crippen LogP contribution in [0.25, 0.3) is 0 Å². The molecule has 0 radical (unpaired) electrons. The summed E-state index contributed by atoms with van der Waals surface area (Å²) in [7, 11) is 0. The van der Waals surface area contributed by atoms with Crippen LogP contribution in [-0.4, -0.2) is 50.1 Å². The van der Waals surface area contributed by atoms with Crippen LogP contribution in [0.3, 0.4) is 0 Å². The van der Waals surface area contributed by atoms with E-state index >= 15 is 0 Å². The number of ether oxygens (including phenoxy) is 1. The van der Waals surface area contributed by atoms with Gasteiger partial charge in [0.25, 0.3) is 5.91 Å². The molecule has 0 spiro atoms. The van der Waals surface area contributed by atoms with E-state index in [2.05, 4.69) is 22.0 Å². The highest BCUT2D eigenvalue weighted by molar-refractivity contribution is 6.31. The van der Waals surface area contributed by atoms with Crippen LogP contribution in [0.4, 0.5) is 20.2 Å². The van der Waals surface area contributed by atoms with E-state index < -0.39 is 24.1 Å². The van der Waals surface area contributed by atoms with E-state index in [4.69, 9.17) is 16.3 Å². The van der Waals surface area contributed by atoms with Gasteiger partial charge in [-0.05, 0) is 36.9 Å². The molecule has 0 bridgehead atoms. The molecule has 1 aliphatic heterocycles. The molecule has 5 nitrogen and oxygen atoms in total. The van der Waals surface area contributed by atoms with Gasteiger partial charge in [0.2, 0.25) is 0 Å². The molecule has 1 saturated heterocycles. The standard InChI is InChI=1S/C20H22ClF2N3O2/c1-2-25-7-9-26(10-8-25)18-5-3-14(21)11-17(18)24-20(27)13-28-19-6-4-15(22)12-16(19)23/h3-6,11-12H,2,7-10,13H2,1H3,(H,24,27). The number of carbonyl (C=O) groups is 1. The third kappa shape index (κ3) is 5.11. The Labute approximate surface area is 167 Å². The van der Waals surface area contributed by atoms with Crippen LogP contribution in [0.1, 0.15) is 6.92 Å². The van der Waals surface area contributed by atoms with E-state index in [0.717, 1.165) is 50.5 Å². The van der Waals surface area contributed by atoms with Gasteiger partial charge < -0.3 is 19.9 Å². The number of likely N-dealkylation sites (N-methyl/N-ethyl adjacent to an activating group) is 1.